The van der Waals surface area contributed by atoms with E-state index >= 15 is 0 Å². The Morgan fingerprint density at radius 1 is 1.20 bits per heavy atom. The molecule has 0 saturated carbocycles. The number of rotatable bonds is 8. The molecular weight excluding hydrogens is 258 g/mol. The summed E-state index contributed by atoms with van der Waals surface area (Å²) < 4.78 is 10.0. The lowest BCUT2D eigenvalue weighted by molar-refractivity contribution is -0.140. The molecule has 1 aromatic carbocycles. The van der Waals surface area contributed by atoms with E-state index < -0.39 is 0 Å². The van der Waals surface area contributed by atoms with Gasteiger partial charge in [0, 0.05) is 12.1 Å². The number of hydrogen-bond donors (Lipinski definition) is 1. The standard InChI is InChI=1S/C15H21NO4/c1-3-4-11-20-13-7-5-12(6-8-13)15(18)16-10-9-14(17)19-2/h5-8H,3-4,9-11H2,1-2H3,(H,16,18). The molecule has 0 aliphatic rings. The van der Waals surface area contributed by atoms with E-state index in [4.69, 9.17) is 4.74 Å². The highest BCUT2D eigenvalue weighted by Gasteiger charge is 2.06. The van der Waals surface area contributed by atoms with Crippen molar-refractivity contribution in [2.45, 2.75) is 26.2 Å². The molecule has 110 valence electrons. The fourth-order valence-corrected chi connectivity index (χ4v) is 1.52. The third-order valence-corrected chi connectivity index (χ3v) is 2.73. The molecule has 0 unspecified atom stereocenters. The number of hydrogen-bond acceptors (Lipinski definition) is 4. The third-order valence-electron chi connectivity index (χ3n) is 2.73. The molecule has 1 N–H and O–H groups in total. The van der Waals surface area contributed by atoms with Gasteiger partial charge >= 0.3 is 5.97 Å². The van der Waals surface area contributed by atoms with Crippen LogP contribution in [-0.2, 0) is 9.53 Å². The molecule has 0 aromatic heterocycles. The van der Waals surface area contributed by atoms with Crippen LogP contribution in [0, 0.1) is 0 Å². The molecule has 0 spiro atoms. The van der Waals surface area contributed by atoms with Crippen molar-refractivity contribution in [2.24, 2.45) is 0 Å². The molecule has 0 bridgehead atoms. The normalized spacial score (nSPS) is 9.90. The van der Waals surface area contributed by atoms with E-state index in [0.29, 0.717) is 12.2 Å². The quantitative estimate of drug-likeness (QED) is 0.585. The average Bonchev–Trinajstić information content (AvgIpc) is 2.48. The van der Waals surface area contributed by atoms with Gasteiger partial charge < -0.3 is 14.8 Å². The van der Waals surface area contributed by atoms with Gasteiger partial charge in [0.25, 0.3) is 5.91 Å². The van der Waals surface area contributed by atoms with Crippen molar-refractivity contribution >= 4 is 11.9 Å². The number of esters is 1. The topological polar surface area (TPSA) is 64.6 Å². The molecule has 0 heterocycles. The van der Waals surface area contributed by atoms with Crippen LogP contribution >= 0.6 is 0 Å². The maximum atomic E-state index is 11.8. The zero-order valence-corrected chi connectivity index (χ0v) is 12.0. The van der Waals surface area contributed by atoms with E-state index in [1.807, 2.05) is 0 Å². The van der Waals surface area contributed by atoms with Crippen molar-refractivity contribution < 1.29 is 19.1 Å². The van der Waals surface area contributed by atoms with Crippen molar-refractivity contribution in [3.63, 3.8) is 0 Å². The van der Waals surface area contributed by atoms with Gasteiger partial charge in [-0.15, -0.1) is 0 Å². The minimum atomic E-state index is -0.343. The van der Waals surface area contributed by atoms with Gasteiger partial charge in [-0.05, 0) is 30.7 Å². The second-order valence-electron chi connectivity index (χ2n) is 4.31. The minimum absolute atomic E-state index is 0.167. The number of ether oxygens (including phenoxy) is 2. The first kappa shape index (κ1) is 16.0. The van der Waals surface area contributed by atoms with Gasteiger partial charge in [0.1, 0.15) is 5.75 Å². The first-order valence-corrected chi connectivity index (χ1v) is 6.75. The SMILES string of the molecule is CCCCOc1ccc(C(=O)NCCC(=O)OC)cc1. The fourth-order valence-electron chi connectivity index (χ4n) is 1.52. The number of nitrogens with one attached hydrogen (secondary N) is 1. The highest BCUT2D eigenvalue weighted by molar-refractivity contribution is 5.94. The summed E-state index contributed by atoms with van der Waals surface area (Å²) in [4.78, 5) is 22.7. The predicted octanol–water partition coefficient (Wildman–Crippen LogP) is 2.16. The molecule has 0 aliphatic carbocycles. The number of benzene rings is 1. The fraction of sp³-hybridized carbons (Fsp3) is 0.467. The van der Waals surface area contributed by atoms with Crippen LogP contribution in [0.1, 0.15) is 36.5 Å². The van der Waals surface area contributed by atoms with Crippen LogP contribution in [0.15, 0.2) is 24.3 Å². The molecule has 5 nitrogen and oxygen atoms in total. The molecule has 20 heavy (non-hydrogen) atoms. The zero-order valence-electron chi connectivity index (χ0n) is 12.0. The van der Waals surface area contributed by atoms with E-state index in [1.54, 1.807) is 24.3 Å². The molecule has 0 radical (unpaired) electrons. The third kappa shape index (κ3) is 5.73. The highest BCUT2D eigenvalue weighted by Crippen LogP contribution is 2.12. The Bertz CT molecular complexity index is 428. The summed E-state index contributed by atoms with van der Waals surface area (Å²) in [5.74, 6) is 0.198. The summed E-state index contributed by atoms with van der Waals surface area (Å²) in [6.07, 6.45) is 2.26. The van der Waals surface area contributed by atoms with Gasteiger partial charge in [-0.2, -0.15) is 0 Å². The van der Waals surface area contributed by atoms with Crippen LogP contribution in [0.3, 0.4) is 0 Å². The summed E-state index contributed by atoms with van der Waals surface area (Å²) in [5, 5.41) is 2.66. The van der Waals surface area contributed by atoms with Crippen molar-refractivity contribution in [1.82, 2.24) is 5.32 Å². The molecule has 5 heteroatoms. The number of amides is 1. The summed E-state index contributed by atoms with van der Waals surface area (Å²) in [6, 6.07) is 6.94. The van der Waals surface area contributed by atoms with Gasteiger partial charge in [0.05, 0.1) is 20.1 Å². The molecule has 1 rings (SSSR count). The number of carbonyl (C=O) groups is 2. The number of methoxy groups -OCH3 is 1. The van der Waals surface area contributed by atoms with Crippen molar-refractivity contribution in [3.05, 3.63) is 29.8 Å². The number of carbonyl (C=O) groups excluding carboxylic acids is 2. The molecular formula is C15H21NO4. The first-order valence-electron chi connectivity index (χ1n) is 6.75. The molecule has 0 aliphatic heterocycles. The van der Waals surface area contributed by atoms with E-state index in [2.05, 4.69) is 17.0 Å². The predicted molar refractivity (Wildman–Crippen MR) is 75.8 cm³/mol. The van der Waals surface area contributed by atoms with Crippen LogP contribution in [0.4, 0.5) is 0 Å². The van der Waals surface area contributed by atoms with Crippen LogP contribution in [0.2, 0.25) is 0 Å². The minimum Gasteiger partial charge on any atom is -0.494 e. The van der Waals surface area contributed by atoms with Gasteiger partial charge in [0.15, 0.2) is 0 Å². The first-order chi connectivity index (χ1) is 9.67. The summed E-state index contributed by atoms with van der Waals surface area (Å²) in [7, 11) is 1.32. The Kier molecular flexibility index (Phi) is 7.17. The monoisotopic (exact) mass is 279 g/mol. The average molecular weight is 279 g/mol. The molecule has 0 fully saturated rings. The number of unbranched alkanes of at least 4 members (excludes halogenated alkanes) is 1. The summed E-state index contributed by atoms with van der Waals surface area (Å²) in [5.41, 5.74) is 0.540. The van der Waals surface area contributed by atoms with Gasteiger partial charge in [-0.3, -0.25) is 9.59 Å². The molecule has 1 aromatic rings. The van der Waals surface area contributed by atoms with E-state index in [1.165, 1.54) is 7.11 Å². The maximum Gasteiger partial charge on any atom is 0.307 e. The van der Waals surface area contributed by atoms with Gasteiger partial charge in [-0.1, -0.05) is 13.3 Å². The second kappa shape index (κ2) is 8.96. The van der Waals surface area contributed by atoms with E-state index in [0.717, 1.165) is 18.6 Å². The summed E-state index contributed by atoms with van der Waals surface area (Å²) in [6.45, 7) is 3.05. The van der Waals surface area contributed by atoms with Crippen LogP contribution < -0.4 is 10.1 Å². The Balaban J connectivity index is 2.39. The Hall–Kier alpha value is -2.04. The van der Waals surface area contributed by atoms with Crippen LogP contribution in [-0.4, -0.2) is 32.1 Å². The lowest BCUT2D eigenvalue weighted by atomic mass is 10.2. The smallest absolute Gasteiger partial charge is 0.307 e. The van der Waals surface area contributed by atoms with Gasteiger partial charge in [-0.25, -0.2) is 0 Å². The maximum absolute atomic E-state index is 11.8. The Morgan fingerprint density at radius 2 is 1.90 bits per heavy atom. The lowest BCUT2D eigenvalue weighted by Crippen LogP contribution is -2.26. The lowest BCUT2D eigenvalue weighted by Gasteiger charge is -2.07. The second-order valence-corrected chi connectivity index (χ2v) is 4.31. The van der Waals surface area contributed by atoms with Crippen molar-refractivity contribution in [3.8, 4) is 5.75 Å². The molecule has 0 atom stereocenters. The van der Waals surface area contributed by atoms with E-state index in [9.17, 15) is 9.59 Å². The Morgan fingerprint density at radius 3 is 2.50 bits per heavy atom. The summed E-state index contributed by atoms with van der Waals surface area (Å²) >= 11 is 0. The van der Waals surface area contributed by atoms with Crippen LogP contribution in [0.25, 0.3) is 0 Å². The van der Waals surface area contributed by atoms with Crippen LogP contribution in [0.5, 0.6) is 5.75 Å². The van der Waals surface area contributed by atoms with Crippen molar-refractivity contribution in [2.75, 3.05) is 20.3 Å². The zero-order chi connectivity index (χ0) is 14.8. The molecule has 1 amide bonds. The largest absolute Gasteiger partial charge is 0.494 e. The van der Waals surface area contributed by atoms with Crippen molar-refractivity contribution in [1.29, 1.82) is 0 Å². The van der Waals surface area contributed by atoms with Gasteiger partial charge in [0.2, 0.25) is 0 Å². The van der Waals surface area contributed by atoms with E-state index in [-0.39, 0.29) is 24.8 Å². The highest BCUT2D eigenvalue weighted by atomic mass is 16.5. The Labute approximate surface area is 119 Å². The molecule has 0 saturated heterocycles.